The van der Waals surface area contributed by atoms with Gasteiger partial charge in [-0.25, -0.2) is 0 Å². The summed E-state index contributed by atoms with van der Waals surface area (Å²) in [5.74, 6) is 4.19. The third-order valence-corrected chi connectivity index (χ3v) is 5.60. The van der Waals surface area contributed by atoms with Crippen molar-refractivity contribution in [3.63, 3.8) is 0 Å². The SMILES string of the molecule is CCC(C)C(C(C)CC)C(C=CCCCCCC(C)C)CC. The summed E-state index contributed by atoms with van der Waals surface area (Å²) in [6.07, 6.45) is 15.8. The Hall–Kier alpha value is -0.260. The number of unbranched alkanes of at least 4 members (excludes halogenated alkanes) is 3. The van der Waals surface area contributed by atoms with Crippen molar-refractivity contribution in [1.29, 1.82) is 0 Å². The van der Waals surface area contributed by atoms with Gasteiger partial charge in [0, 0.05) is 0 Å². The fourth-order valence-corrected chi connectivity index (χ4v) is 3.75. The van der Waals surface area contributed by atoms with Gasteiger partial charge in [0.15, 0.2) is 0 Å². The van der Waals surface area contributed by atoms with Crippen LogP contribution in [0.1, 0.15) is 99.8 Å². The molecule has 3 unspecified atom stereocenters. The van der Waals surface area contributed by atoms with Crippen LogP contribution < -0.4 is 0 Å². The molecular formula is C22H44. The molecule has 0 saturated heterocycles. The number of allylic oxidation sites excluding steroid dienone is 2. The molecule has 0 aliphatic rings. The van der Waals surface area contributed by atoms with E-state index >= 15 is 0 Å². The van der Waals surface area contributed by atoms with Crippen LogP contribution in [-0.4, -0.2) is 0 Å². The molecule has 0 fully saturated rings. The fraction of sp³-hybridized carbons (Fsp3) is 0.909. The zero-order valence-electron chi connectivity index (χ0n) is 16.7. The van der Waals surface area contributed by atoms with Gasteiger partial charge in [0.2, 0.25) is 0 Å². The molecule has 0 saturated carbocycles. The van der Waals surface area contributed by atoms with Crippen LogP contribution in [0.5, 0.6) is 0 Å². The van der Waals surface area contributed by atoms with Crippen molar-refractivity contribution in [2.45, 2.75) is 99.8 Å². The van der Waals surface area contributed by atoms with Gasteiger partial charge in [-0.2, -0.15) is 0 Å². The van der Waals surface area contributed by atoms with Gasteiger partial charge in [-0.3, -0.25) is 0 Å². The molecule has 0 N–H and O–H groups in total. The largest absolute Gasteiger partial charge is 0.0882 e. The van der Waals surface area contributed by atoms with Gasteiger partial charge in [-0.05, 0) is 48.9 Å². The molecule has 0 aliphatic heterocycles. The highest BCUT2D eigenvalue weighted by atomic mass is 14.3. The van der Waals surface area contributed by atoms with Crippen LogP contribution in [0.2, 0.25) is 0 Å². The van der Waals surface area contributed by atoms with Crippen molar-refractivity contribution >= 4 is 0 Å². The molecule has 0 radical (unpaired) electrons. The third kappa shape index (κ3) is 9.01. The summed E-state index contributed by atoms with van der Waals surface area (Å²) in [6.45, 7) is 16.6. The quantitative estimate of drug-likeness (QED) is 0.240. The first kappa shape index (κ1) is 21.7. The molecule has 0 bridgehead atoms. The van der Waals surface area contributed by atoms with E-state index in [-0.39, 0.29) is 0 Å². The first-order chi connectivity index (χ1) is 10.5. The Balaban J connectivity index is 4.32. The van der Waals surface area contributed by atoms with E-state index in [4.69, 9.17) is 0 Å². The standard InChI is InChI=1S/C22H44/c1-8-19(6)22(20(7)9-2)21(10-3)17-15-13-11-12-14-16-18(4)5/h15,17-22H,8-14,16H2,1-7H3. The second-order valence-electron chi connectivity index (χ2n) is 7.88. The Morgan fingerprint density at radius 2 is 1.32 bits per heavy atom. The smallest absolute Gasteiger partial charge is 0.0203 e. The minimum Gasteiger partial charge on any atom is -0.0882 e. The summed E-state index contributed by atoms with van der Waals surface area (Å²) < 4.78 is 0. The Bertz CT molecular complexity index is 253. The van der Waals surface area contributed by atoms with Crippen LogP contribution in [-0.2, 0) is 0 Å². The van der Waals surface area contributed by atoms with Gasteiger partial charge in [0.25, 0.3) is 0 Å². The van der Waals surface area contributed by atoms with E-state index in [1.807, 2.05) is 0 Å². The van der Waals surface area contributed by atoms with E-state index in [9.17, 15) is 0 Å². The fourth-order valence-electron chi connectivity index (χ4n) is 3.75. The monoisotopic (exact) mass is 308 g/mol. The van der Waals surface area contributed by atoms with Gasteiger partial charge >= 0.3 is 0 Å². The highest BCUT2D eigenvalue weighted by molar-refractivity contribution is 4.93. The zero-order chi connectivity index (χ0) is 17.0. The second-order valence-corrected chi connectivity index (χ2v) is 7.88. The maximum Gasteiger partial charge on any atom is -0.0203 e. The Kier molecular flexibility index (Phi) is 13.0. The summed E-state index contributed by atoms with van der Waals surface area (Å²) >= 11 is 0. The van der Waals surface area contributed by atoms with Crippen molar-refractivity contribution in [2.75, 3.05) is 0 Å². The summed E-state index contributed by atoms with van der Waals surface area (Å²) in [5.41, 5.74) is 0. The highest BCUT2D eigenvalue weighted by Crippen LogP contribution is 2.35. The Labute approximate surface area is 142 Å². The minimum absolute atomic E-state index is 0.778. The van der Waals surface area contributed by atoms with E-state index in [1.165, 1.54) is 51.4 Å². The van der Waals surface area contributed by atoms with Crippen LogP contribution in [0.3, 0.4) is 0 Å². The van der Waals surface area contributed by atoms with Crippen LogP contribution in [0.15, 0.2) is 12.2 Å². The number of hydrogen-bond acceptors (Lipinski definition) is 0. The van der Waals surface area contributed by atoms with Gasteiger partial charge in [0.1, 0.15) is 0 Å². The average Bonchev–Trinajstić information content (AvgIpc) is 2.51. The number of rotatable bonds is 13. The molecule has 132 valence electrons. The molecule has 0 amide bonds. The molecule has 0 aliphatic carbocycles. The van der Waals surface area contributed by atoms with Crippen LogP contribution in [0.25, 0.3) is 0 Å². The summed E-state index contributed by atoms with van der Waals surface area (Å²) in [7, 11) is 0. The van der Waals surface area contributed by atoms with Crippen molar-refractivity contribution in [3.05, 3.63) is 12.2 Å². The van der Waals surface area contributed by atoms with Crippen molar-refractivity contribution in [2.24, 2.45) is 29.6 Å². The van der Waals surface area contributed by atoms with Crippen molar-refractivity contribution in [3.8, 4) is 0 Å². The van der Waals surface area contributed by atoms with Crippen LogP contribution in [0.4, 0.5) is 0 Å². The van der Waals surface area contributed by atoms with Crippen LogP contribution >= 0.6 is 0 Å². The molecule has 0 spiro atoms. The lowest BCUT2D eigenvalue weighted by molar-refractivity contribution is 0.180. The van der Waals surface area contributed by atoms with E-state index < -0.39 is 0 Å². The van der Waals surface area contributed by atoms with Crippen molar-refractivity contribution < 1.29 is 0 Å². The van der Waals surface area contributed by atoms with E-state index in [0.717, 1.165) is 29.6 Å². The normalized spacial score (nSPS) is 17.8. The zero-order valence-corrected chi connectivity index (χ0v) is 16.7. The summed E-state index contributed by atoms with van der Waals surface area (Å²) in [6, 6.07) is 0. The molecule has 0 nitrogen and oxygen atoms in total. The average molecular weight is 309 g/mol. The first-order valence-corrected chi connectivity index (χ1v) is 10.1. The molecule has 0 aromatic carbocycles. The van der Waals surface area contributed by atoms with Crippen LogP contribution in [0, 0.1) is 29.6 Å². The topological polar surface area (TPSA) is 0 Å². The Morgan fingerprint density at radius 1 is 0.727 bits per heavy atom. The lowest BCUT2D eigenvalue weighted by atomic mass is 9.71. The van der Waals surface area contributed by atoms with E-state index in [1.54, 1.807) is 0 Å². The summed E-state index contributed by atoms with van der Waals surface area (Å²) in [4.78, 5) is 0. The van der Waals surface area contributed by atoms with Gasteiger partial charge in [-0.1, -0.05) is 92.7 Å². The van der Waals surface area contributed by atoms with E-state index in [0.29, 0.717) is 0 Å². The first-order valence-electron chi connectivity index (χ1n) is 10.1. The lowest BCUT2D eigenvalue weighted by Crippen LogP contribution is -2.26. The second kappa shape index (κ2) is 13.2. The summed E-state index contributed by atoms with van der Waals surface area (Å²) in [5, 5.41) is 0. The molecule has 0 aromatic rings. The van der Waals surface area contributed by atoms with Crippen molar-refractivity contribution in [1.82, 2.24) is 0 Å². The predicted molar refractivity (Wildman–Crippen MR) is 103 cm³/mol. The van der Waals surface area contributed by atoms with Gasteiger partial charge in [0.05, 0.1) is 0 Å². The minimum atomic E-state index is 0.778. The van der Waals surface area contributed by atoms with Gasteiger partial charge < -0.3 is 0 Å². The molecule has 0 aromatic heterocycles. The molecule has 22 heavy (non-hydrogen) atoms. The van der Waals surface area contributed by atoms with Gasteiger partial charge in [-0.15, -0.1) is 0 Å². The maximum absolute atomic E-state index is 2.56. The molecular weight excluding hydrogens is 264 g/mol. The molecule has 0 heteroatoms. The Morgan fingerprint density at radius 3 is 1.77 bits per heavy atom. The predicted octanol–water partition coefficient (Wildman–Crippen LogP) is 7.88. The molecule has 3 atom stereocenters. The molecule has 0 rings (SSSR count). The molecule has 0 heterocycles. The number of hydrogen-bond donors (Lipinski definition) is 0. The highest BCUT2D eigenvalue weighted by Gasteiger charge is 2.27. The lowest BCUT2D eigenvalue weighted by Gasteiger charge is -2.34. The maximum atomic E-state index is 2.56. The van der Waals surface area contributed by atoms with E-state index in [2.05, 4.69) is 60.6 Å². The third-order valence-electron chi connectivity index (χ3n) is 5.60.